The van der Waals surface area contributed by atoms with E-state index < -0.39 is 0 Å². The van der Waals surface area contributed by atoms with Crippen molar-refractivity contribution in [3.8, 4) is 0 Å². The van der Waals surface area contributed by atoms with Crippen LogP contribution in [-0.4, -0.2) is 45.2 Å². The average molecular weight is 280 g/mol. The first kappa shape index (κ1) is 12.7. The first-order chi connectivity index (χ1) is 9.26. The summed E-state index contributed by atoms with van der Waals surface area (Å²) in [5, 5.41) is 8.37. The van der Waals surface area contributed by atoms with Gasteiger partial charge in [0.15, 0.2) is 5.65 Å². The van der Waals surface area contributed by atoms with Crippen LogP contribution in [0.1, 0.15) is 19.8 Å². The predicted molar refractivity (Wildman–Crippen MR) is 76.8 cm³/mol. The van der Waals surface area contributed by atoms with Gasteiger partial charge < -0.3 is 5.32 Å². The third-order valence-corrected chi connectivity index (χ3v) is 3.92. The van der Waals surface area contributed by atoms with E-state index in [0.717, 1.165) is 18.7 Å². The summed E-state index contributed by atoms with van der Waals surface area (Å²) >= 11 is 5.93. The fourth-order valence-corrected chi connectivity index (χ4v) is 2.84. The number of aromatic nitrogens is 3. The Kier molecular flexibility index (Phi) is 3.57. The second-order valence-corrected chi connectivity index (χ2v) is 5.33. The summed E-state index contributed by atoms with van der Waals surface area (Å²) in [6, 6.07) is 4.29. The molecule has 0 bridgehead atoms. The van der Waals surface area contributed by atoms with Gasteiger partial charge in [0, 0.05) is 18.8 Å². The SMILES string of the molecule is CCN1CCCC1CNc1nc2ccc(Cl)cn2n1. The summed E-state index contributed by atoms with van der Waals surface area (Å²) in [5.74, 6) is 0.671. The van der Waals surface area contributed by atoms with Crippen molar-refractivity contribution < 1.29 is 0 Å². The lowest BCUT2D eigenvalue weighted by atomic mass is 10.2. The number of rotatable bonds is 4. The van der Waals surface area contributed by atoms with E-state index in [9.17, 15) is 0 Å². The maximum Gasteiger partial charge on any atom is 0.243 e. The average Bonchev–Trinajstić information content (AvgIpc) is 3.01. The van der Waals surface area contributed by atoms with Crippen molar-refractivity contribution in [3.63, 3.8) is 0 Å². The summed E-state index contributed by atoms with van der Waals surface area (Å²) in [4.78, 5) is 6.93. The van der Waals surface area contributed by atoms with Gasteiger partial charge in [0.1, 0.15) is 0 Å². The Morgan fingerprint density at radius 1 is 1.47 bits per heavy atom. The van der Waals surface area contributed by atoms with Gasteiger partial charge in [0.25, 0.3) is 0 Å². The van der Waals surface area contributed by atoms with Crippen LogP contribution in [0.3, 0.4) is 0 Å². The molecule has 3 rings (SSSR count). The molecule has 19 heavy (non-hydrogen) atoms. The Morgan fingerprint density at radius 2 is 2.37 bits per heavy atom. The van der Waals surface area contributed by atoms with Crippen molar-refractivity contribution >= 4 is 23.2 Å². The predicted octanol–water partition coefficient (Wildman–Crippen LogP) is 2.28. The minimum Gasteiger partial charge on any atom is -0.351 e. The van der Waals surface area contributed by atoms with E-state index in [4.69, 9.17) is 11.6 Å². The zero-order valence-corrected chi connectivity index (χ0v) is 11.8. The quantitative estimate of drug-likeness (QED) is 0.933. The normalized spacial score (nSPS) is 20.2. The highest BCUT2D eigenvalue weighted by Crippen LogP contribution is 2.17. The Balaban J connectivity index is 1.68. The number of hydrogen-bond acceptors (Lipinski definition) is 4. The molecular formula is C13H18ClN5. The number of fused-ring (bicyclic) bond motifs is 1. The molecule has 1 atom stereocenters. The van der Waals surface area contributed by atoms with E-state index in [1.807, 2.05) is 12.1 Å². The Bertz CT molecular complexity index is 567. The smallest absolute Gasteiger partial charge is 0.243 e. The van der Waals surface area contributed by atoms with Crippen LogP contribution in [-0.2, 0) is 0 Å². The number of likely N-dealkylation sites (tertiary alicyclic amines) is 1. The minimum atomic E-state index is 0.597. The van der Waals surface area contributed by atoms with Gasteiger partial charge in [-0.2, -0.15) is 4.98 Å². The van der Waals surface area contributed by atoms with Crippen LogP contribution in [0.5, 0.6) is 0 Å². The highest BCUT2D eigenvalue weighted by atomic mass is 35.5. The second-order valence-electron chi connectivity index (χ2n) is 4.89. The third kappa shape index (κ3) is 2.67. The molecule has 1 saturated heterocycles. The Hall–Kier alpha value is -1.33. The molecule has 2 aromatic heterocycles. The van der Waals surface area contributed by atoms with Crippen molar-refractivity contribution in [2.75, 3.05) is 25.0 Å². The molecule has 0 spiro atoms. The van der Waals surface area contributed by atoms with Crippen molar-refractivity contribution in [1.29, 1.82) is 0 Å². The number of likely N-dealkylation sites (N-methyl/N-ethyl adjacent to an activating group) is 1. The lowest BCUT2D eigenvalue weighted by Gasteiger charge is -2.22. The summed E-state index contributed by atoms with van der Waals surface area (Å²) in [6.07, 6.45) is 4.30. The van der Waals surface area contributed by atoms with Crippen molar-refractivity contribution in [2.24, 2.45) is 0 Å². The molecular weight excluding hydrogens is 262 g/mol. The van der Waals surface area contributed by atoms with Gasteiger partial charge >= 0.3 is 0 Å². The van der Waals surface area contributed by atoms with Crippen LogP contribution >= 0.6 is 11.6 Å². The zero-order valence-electron chi connectivity index (χ0n) is 11.0. The Labute approximate surface area is 117 Å². The molecule has 6 heteroatoms. The molecule has 0 amide bonds. The molecule has 1 aliphatic heterocycles. The monoisotopic (exact) mass is 279 g/mol. The number of nitrogens with one attached hydrogen (secondary N) is 1. The second kappa shape index (κ2) is 5.35. The minimum absolute atomic E-state index is 0.597. The first-order valence-corrected chi connectivity index (χ1v) is 7.14. The molecule has 2 aromatic rings. The van der Waals surface area contributed by atoms with Crippen molar-refractivity contribution in [2.45, 2.75) is 25.8 Å². The lowest BCUT2D eigenvalue weighted by molar-refractivity contribution is 0.277. The van der Waals surface area contributed by atoms with Crippen LogP contribution in [0.15, 0.2) is 18.3 Å². The van der Waals surface area contributed by atoms with Crippen molar-refractivity contribution in [1.82, 2.24) is 19.5 Å². The number of anilines is 1. The van der Waals surface area contributed by atoms with Crippen LogP contribution in [0.25, 0.3) is 5.65 Å². The van der Waals surface area contributed by atoms with Gasteiger partial charge in [-0.3, -0.25) is 4.90 Å². The molecule has 1 unspecified atom stereocenters. The van der Waals surface area contributed by atoms with Crippen LogP contribution in [0, 0.1) is 0 Å². The van der Waals surface area contributed by atoms with Crippen molar-refractivity contribution in [3.05, 3.63) is 23.4 Å². The number of hydrogen-bond donors (Lipinski definition) is 1. The zero-order chi connectivity index (χ0) is 13.2. The van der Waals surface area contributed by atoms with E-state index in [-0.39, 0.29) is 0 Å². The van der Waals surface area contributed by atoms with Gasteiger partial charge in [-0.05, 0) is 38.1 Å². The topological polar surface area (TPSA) is 45.5 Å². The molecule has 0 radical (unpaired) electrons. The summed E-state index contributed by atoms with van der Waals surface area (Å²) in [5.41, 5.74) is 0.811. The molecule has 0 saturated carbocycles. The lowest BCUT2D eigenvalue weighted by Crippen LogP contribution is -2.34. The molecule has 1 N–H and O–H groups in total. The van der Waals surface area contributed by atoms with Gasteiger partial charge in [-0.1, -0.05) is 18.5 Å². The van der Waals surface area contributed by atoms with Crippen LogP contribution in [0.2, 0.25) is 5.02 Å². The molecule has 3 heterocycles. The fourth-order valence-electron chi connectivity index (χ4n) is 2.68. The fraction of sp³-hybridized carbons (Fsp3) is 0.538. The van der Waals surface area contributed by atoms with Crippen LogP contribution in [0.4, 0.5) is 5.95 Å². The van der Waals surface area contributed by atoms with E-state index in [0.29, 0.717) is 17.0 Å². The van der Waals surface area contributed by atoms with E-state index in [1.165, 1.54) is 19.4 Å². The summed E-state index contributed by atoms with van der Waals surface area (Å²) < 4.78 is 1.71. The Morgan fingerprint density at radius 3 is 3.21 bits per heavy atom. The molecule has 0 aromatic carbocycles. The van der Waals surface area contributed by atoms with E-state index >= 15 is 0 Å². The summed E-state index contributed by atoms with van der Waals surface area (Å²) in [7, 11) is 0. The van der Waals surface area contributed by atoms with Gasteiger partial charge in [-0.15, -0.1) is 5.10 Å². The van der Waals surface area contributed by atoms with Gasteiger partial charge in [-0.25, -0.2) is 4.52 Å². The van der Waals surface area contributed by atoms with Crippen LogP contribution < -0.4 is 5.32 Å². The maximum absolute atomic E-state index is 5.93. The largest absolute Gasteiger partial charge is 0.351 e. The van der Waals surface area contributed by atoms with Gasteiger partial charge in [0.05, 0.1) is 5.02 Å². The molecule has 1 aliphatic rings. The third-order valence-electron chi connectivity index (χ3n) is 3.70. The maximum atomic E-state index is 5.93. The highest BCUT2D eigenvalue weighted by molar-refractivity contribution is 6.30. The van der Waals surface area contributed by atoms with E-state index in [2.05, 4.69) is 27.2 Å². The standard InChI is InChI=1S/C13H18ClN5/c1-2-18-7-3-4-11(18)8-15-13-16-12-6-5-10(14)9-19(12)17-13/h5-6,9,11H,2-4,7-8H2,1H3,(H,15,17). The molecule has 5 nitrogen and oxygen atoms in total. The number of pyridine rings is 1. The molecule has 102 valence electrons. The number of halogens is 1. The highest BCUT2D eigenvalue weighted by Gasteiger charge is 2.22. The first-order valence-electron chi connectivity index (χ1n) is 6.76. The summed E-state index contributed by atoms with van der Waals surface area (Å²) in [6.45, 7) is 5.43. The molecule has 0 aliphatic carbocycles. The van der Waals surface area contributed by atoms with Gasteiger partial charge in [0.2, 0.25) is 5.95 Å². The number of nitrogens with zero attached hydrogens (tertiary/aromatic N) is 4. The molecule has 1 fully saturated rings. The van der Waals surface area contributed by atoms with E-state index in [1.54, 1.807) is 10.7 Å².